The number of nitrogens with one attached hydrogen (secondary N) is 1. The molecular weight excluding hydrogens is 414 g/mol. The number of amides is 1. The van der Waals surface area contributed by atoms with Crippen molar-refractivity contribution < 1.29 is 9.72 Å². The largest absolute Gasteiger partial charge is 0.342 e. The highest BCUT2D eigenvalue weighted by Gasteiger charge is 2.25. The van der Waals surface area contributed by atoms with Crippen LogP contribution in [0.4, 0.5) is 5.69 Å². The van der Waals surface area contributed by atoms with Gasteiger partial charge in [-0.1, -0.05) is 55.4 Å². The summed E-state index contributed by atoms with van der Waals surface area (Å²) in [6.45, 7) is 6.01. The molecule has 8 nitrogen and oxygen atoms in total. The summed E-state index contributed by atoms with van der Waals surface area (Å²) in [6.07, 6.45) is 0. The molecule has 0 aliphatic rings. The number of nitro groups is 1. The summed E-state index contributed by atoms with van der Waals surface area (Å²) in [7, 11) is 1.88. The maximum atomic E-state index is 12.8. The molecule has 0 saturated heterocycles. The van der Waals surface area contributed by atoms with E-state index in [4.69, 9.17) is 0 Å². The van der Waals surface area contributed by atoms with E-state index in [2.05, 4.69) is 15.5 Å². The van der Waals surface area contributed by atoms with Gasteiger partial charge in [-0.15, -0.1) is 10.2 Å². The lowest BCUT2D eigenvalue weighted by atomic mass is 10.0. The Morgan fingerprint density at radius 3 is 2.52 bits per heavy atom. The summed E-state index contributed by atoms with van der Waals surface area (Å²) in [6, 6.07) is 13.6. The lowest BCUT2D eigenvalue weighted by Gasteiger charge is -2.22. The second-order valence-electron chi connectivity index (χ2n) is 7.68. The van der Waals surface area contributed by atoms with Crippen LogP contribution in [-0.2, 0) is 12.8 Å². The number of benzene rings is 2. The minimum absolute atomic E-state index is 0.0684. The monoisotopic (exact) mass is 439 g/mol. The molecule has 9 heteroatoms. The van der Waals surface area contributed by atoms with Gasteiger partial charge in [-0.2, -0.15) is 0 Å². The van der Waals surface area contributed by atoms with Crippen molar-refractivity contribution >= 4 is 23.4 Å². The smallest absolute Gasteiger partial charge is 0.269 e. The molecule has 0 saturated carbocycles. The van der Waals surface area contributed by atoms with Crippen LogP contribution in [0.2, 0.25) is 0 Å². The molecule has 3 rings (SSSR count). The molecule has 2 aromatic carbocycles. The fraction of sp³-hybridized carbons (Fsp3) is 0.318. The number of aryl methyl sites for hydroxylation is 1. The van der Waals surface area contributed by atoms with E-state index in [9.17, 15) is 14.9 Å². The zero-order chi connectivity index (χ0) is 22.5. The number of carbonyl (C=O) groups excluding carboxylic acids is 1. The molecule has 1 atom stereocenters. The maximum absolute atomic E-state index is 12.8. The molecule has 0 aliphatic heterocycles. The Labute approximate surface area is 185 Å². The summed E-state index contributed by atoms with van der Waals surface area (Å²) in [4.78, 5) is 23.1. The number of hydrogen-bond acceptors (Lipinski definition) is 6. The fourth-order valence-electron chi connectivity index (χ4n) is 3.12. The summed E-state index contributed by atoms with van der Waals surface area (Å²) < 4.78 is 1.89. The molecule has 1 unspecified atom stereocenters. The molecule has 0 fully saturated rings. The van der Waals surface area contributed by atoms with Crippen molar-refractivity contribution in [1.82, 2.24) is 20.1 Å². The molecule has 0 spiro atoms. The van der Waals surface area contributed by atoms with Crippen LogP contribution in [0.25, 0.3) is 0 Å². The standard InChI is InChI=1S/C22H25N5O3S/c1-14(2)19(23-21(28)17-7-5-6-15(3)12-17)20-24-25-22(26(20)4)31-13-16-8-10-18(11-9-16)27(29)30/h5-12,14,19H,13H2,1-4H3,(H,23,28). The van der Waals surface area contributed by atoms with Crippen molar-refractivity contribution in [2.75, 3.05) is 0 Å². The Kier molecular flexibility index (Phi) is 7.06. The van der Waals surface area contributed by atoms with Gasteiger partial charge in [0.2, 0.25) is 0 Å². The van der Waals surface area contributed by atoms with E-state index < -0.39 is 4.92 Å². The first-order valence-electron chi connectivity index (χ1n) is 9.89. The van der Waals surface area contributed by atoms with Gasteiger partial charge in [0.15, 0.2) is 11.0 Å². The number of nitro benzene ring substituents is 1. The predicted octanol–water partition coefficient (Wildman–Crippen LogP) is 4.45. The van der Waals surface area contributed by atoms with Crippen molar-refractivity contribution in [2.45, 2.75) is 37.7 Å². The first-order valence-corrected chi connectivity index (χ1v) is 10.9. The van der Waals surface area contributed by atoms with Crippen LogP contribution < -0.4 is 5.32 Å². The predicted molar refractivity (Wildman–Crippen MR) is 120 cm³/mol. The first kappa shape index (κ1) is 22.5. The van der Waals surface area contributed by atoms with Crippen molar-refractivity contribution in [3.63, 3.8) is 0 Å². The van der Waals surface area contributed by atoms with Crippen LogP contribution in [0.3, 0.4) is 0 Å². The molecule has 0 radical (unpaired) electrons. The summed E-state index contributed by atoms with van der Waals surface area (Å²) >= 11 is 1.49. The first-order chi connectivity index (χ1) is 14.8. The average molecular weight is 440 g/mol. The average Bonchev–Trinajstić information content (AvgIpc) is 3.10. The van der Waals surface area contributed by atoms with E-state index in [0.29, 0.717) is 22.3 Å². The van der Waals surface area contributed by atoms with Crippen LogP contribution in [0, 0.1) is 23.0 Å². The topological polar surface area (TPSA) is 103 Å². The SMILES string of the molecule is Cc1cccc(C(=O)NC(c2nnc(SCc3ccc([N+](=O)[O-])cc3)n2C)C(C)C)c1. The highest BCUT2D eigenvalue weighted by molar-refractivity contribution is 7.98. The van der Waals surface area contributed by atoms with Crippen LogP contribution in [0.15, 0.2) is 53.7 Å². The Morgan fingerprint density at radius 2 is 1.90 bits per heavy atom. The number of carbonyl (C=O) groups is 1. The molecule has 0 aliphatic carbocycles. The Bertz CT molecular complexity index is 1080. The van der Waals surface area contributed by atoms with Crippen molar-refractivity contribution in [3.8, 4) is 0 Å². The van der Waals surface area contributed by atoms with Crippen molar-refractivity contribution in [2.24, 2.45) is 13.0 Å². The Hall–Kier alpha value is -3.20. The third-order valence-corrected chi connectivity index (χ3v) is 5.99. The third kappa shape index (κ3) is 5.49. The summed E-state index contributed by atoms with van der Waals surface area (Å²) in [5.41, 5.74) is 2.66. The molecule has 1 aromatic heterocycles. The normalized spacial score (nSPS) is 12.0. The number of thioether (sulfide) groups is 1. The van der Waals surface area contributed by atoms with Gasteiger partial charge >= 0.3 is 0 Å². The van der Waals surface area contributed by atoms with Crippen molar-refractivity contribution in [1.29, 1.82) is 0 Å². The second kappa shape index (κ2) is 9.74. The molecular formula is C22H25N5O3S. The maximum Gasteiger partial charge on any atom is 0.269 e. The lowest BCUT2D eigenvalue weighted by Crippen LogP contribution is -2.33. The van der Waals surface area contributed by atoms with Gasteiger partial charge in [0.25, 0.3) is 11.6 Å². The highest BCUT2D eigenvalue weighted by atomic mass is 32.2. The van der Waals surface area contributed by atoms with Crippen LogP contribution in [0.5, 0.6) is 0 Å². The number of aromatic nitrogens is 3. The minimum Gasteiger partial charge on any atom is -0.342 e. The quantitative estimate of drug-likeness (QED) is 0.316. The number of non-ortho nitro benzene ring substituents is 1. The van der Waals surface area contributed by atoms with E-state index in [1.165, 1.54) is 23.9 Å². The van der Waals surface area contributed by atoms with Crippen LogP contribution in [-0.4, -0.2) is 25.6 Å². The van der Waals surface area contributed by atoms with Crippen LogP contribution in [0.1, 0.15) is 47.2 Å². The zero-order valence-corrected chi connectivity index (χ0v) is 18.7. The third-order valence-electron chi connectivity index (χ3n) is 4.90. The van der Waals surface area contributed by atoms with E-state index >= 15 is 0 Å². The van der Waals surface area contributed by atoms with Gasteiger partial charge in [-0.05, 0) is 30.5 Å². The van der Waals surface area contributed by atoms with Gasteiger partial charge in [0, 0.05) is 30.5 Å². The Balaban J connectivity index is 1.72. The highest BCUT2D eigenvalue weighted by Crippen LogP contribution is 2.27. The lowest BCUT2D eigenvalue weighted by molar-refractivity contribution is -0.384. The molecule has 31 heavy (non-hydrogen) atoms. The fourth-order valence-corrected chi connectivity index (χ4v) is 4.00. The van der Waals surface area contributed by atoms with Gasteiger partial charge in [0.05, 0.1) is 11.0 Å². The second-order valence-corrected chi connectivity index (χ2v) is 8.62. The zero-order valence-electron chi connectivity index (χ0n) is 17.9. The van der Waals surface area contributed by atoms with Gasteiger partial charge < -0.3 is 9.88 Å². The van der Waals surface area contributed by atoms with E-state index in [0.717, 1.165) is 11.1 Å². The number of hydrogen-bond donors (Lipinski definition) is 1. The van der Waals surface area contributed by atoms with E-state index in [1.54, 1.807) is 18.2 Å². The van der Waals surface area contributed by atoms with Gasteiger partial charge in [-0.25, -0.2) is 0 Å². The minimum atomic E-state index is -0.414. The van der Waals surface area contributed by atoms with Gasteiger partial charge in [-0.3, -0.25) is 14.9 Å². The van der Waals surface area contributed by atoms with Gasteiger partial charge in [0.1, 0.15) is 0 Å². The van der Waals surface area contributed by atoms with E-state index in [-0.39, 0.29) is 23.6 Å². The molecule has 0 bridgehead atoms. The van der Waals surface area contributed by atoms with Crippen LogP contribution >= 0.6 is 11.8 Å². The summed E-state index contributed by atoms with van der Waals surface area (Å²) in [5, 5.41) is 23.2. The van der Waals surface area contributed by atoms with Crippen molar-refractivity contribution in [3.05, 3.63) is 81.2 Å². The molecule has 1 amide bonds. The number of rotatable bonds is 8. The van der Waals surface area contributed by atoms with E-state index in [1.807, 2.05) is 50.6 Å². The molecule has 1 heterocycles. The molecule has 162 valence electrons. The summed E-state index contributed by atoms with van der Waals surface area (Å²) in [5.74, 6) is 1.25. The number of nitrogens with zero attached hydrogens (tertiary/aromatic N) is 4. The Morgan fingerprint density at radius 1 is 1.19 bits per heavy atom. The molecule has 1 N–H and O–H groups in total. The molecule has 3 aromatic rings.